The molecular weight excluding hydrogens is 394 g/mol. The molecule has 24 heavy (non-hydrogen) atoms. The summed E-state index contributed by atoms with van der Waals surface area (Å²) in [5, 5.41) is 2.67. The van der Waals surface area contributed by atoms with Crippen LogP contribution in [-0.4, -0.2) is 35.8 Å². The Labute approximate surface area is 154 Å². The molecule has 8 heteroatoms. The molecule has 0 spiro atoms. The van der Waals surface area contributed by atoms with Crippen LogP contribution < -0.4 is 10.1 Å². The van der Waals surface area contributed by atoms with E-state index < -0.39 is 12.3 Å². The normalized spacial score (nSPS) is 11.7. The monoisotopic (exact) mass is 411 g/mol. The predicted molar refractivity (Wildman–Crippen MR) is 99.3 cm³/mol. The van der Waals surface area contributed by atoms with Crippen molar-refractivity contribution in [1.82, 2.24) is 9.29 Å². The number of urea groups is 1. The van der Waals surface area contributed by atoms with Crippen molar-refractivity contribution in [3.05, 3.63) is 52.6 Å². The van der Waals surface area contributed by atoms with Gasteiger partial charge in [-0.25, -0.2) is 14.1 Å². The second-order valence-electron chi connectivity index (χ2n) is 4.88. The third kappa shape index (κ3) is 5.12. The highest BCUT2D eigenvalue weighted by atomic mass is 79.9. The summed E-state index contributed by atoms with van der Waals surface area (Å²) in [6.07, 6.45) is 1.52. The van der Waals surface area contributed by atoms with Crippen molar-refractivity contribution in [2.45, 2.75) is 12.6 Å². The number of methoxy groups -OCH3 is 2. The fourth-order valence-corrected chi connectivity index (χ4v) is 2.48. The average molecular weight is 412 g/mol. The lowest BCUT2D eigenvalue weighted by Crippen LogP contribution is -2.38. The molecule has 1 unspecified atom stereocenters. The standard InChI is InChI=1S/C16H18BrN3O3S/c1-22-13-5-3-4-11(8-13)9-15(23-2)20(24)16(21)19-14-7-6-12(17)10-18-14/h3-8,10,15,24H,9H2,1-2H3,(H,18,19,21). The topological polar surface area (TPSA) is 63.7 Å². The van der Waals surface area contributed by atoms with E-state index >= 15 is 0 Å². The zero-order valence-electron chi connectivity index (χ0n) is 13.3. The SMILES string of the molecule is COc1cccc(CC(OC)N(S)C(=O)Nc2ccc(Br)cn2)c1. The number of rotatable bonds is 6. The van der Waals surface area contributed by atoms with E-state index in [2.05, 4.69) is 39.0 Å². The lowest BCUT2D eigenvalue weighted by molar-refractivity contribution is 0.0410. The first-order valence-corrected chi connectivity index (χ1v) is 8.29. The third-order valence-electron chi connectivity index (χ3n) is 3.26. The number of benzene rings is 1. The van der Waals surface area contributed by atoms with Gasteiger partial charge in [-0.2, -0.15) is 0 Å². The number of ether oxygens (including phenoxy) is 2. The van der Waals surface area contributed by atoms with Gasteiger partial charge in [0.05, 0.1) is 7.11 Å². The summed E-state index contributed by atoms with van der Waals surface area (Å²) < 4.78 is 12.6. The van der Waals surface area contributed by atoms with Crippen molar-refractivity contribution in [3.63, 3.8) is 0 Å². The smallest absolute Gasteiger partial charge is 0.335 e. The number of carbonyl (C=O) groups excluding carboxylic acids is 1. The molecule has 0 fully saturated rings. The molecule has 1 N–H and O–H groups in total. The van der Waals surface area contributed by atoms with Crippen molar-refractivity contribution in [2.24, 2.45) is 0 Å². The molecule has 0 aliphatic carbocycles. The molecule has 0 aliphatic heterocycles. The molecule has 0 saturated carbocycles. The Hall–Kier alpha value is -1.77. The van der Waals surface area contributed by atoms with Gasteiger partial charge in [0, 0.05) is 24.2 Å². The highest BCUT2D eigenvalue weighted by Crippen LogP contribution is 2.18. The molecule has 6 nitrogen and oxygen atoms in total. The van der Waals surface area contributed by atoms with Crippen LogP contribution >= 0.6 is 28.7 Å². The number of thiol groups is 1. The Morgan fingerprint density at radius 3 is 2.79 bits per heavy atom. The van der Waals surface area contributed by atoms with Crippen molar-refractivity contribution < 1.29 is 14.3 Å². The number of anilines is 1. The lowest BCUT2D eigenvalue weighted by Gasteiger charge is -2.25. The zero-order valence-corrected chi connectivity index (χ0v) is 15.8. The molecule has 0 aliphatic rings. The first kappa shape index (κ1) is 18.6. The molecule has 2 amide bonds. The van der Waals surface area contributed by atoms with E-state index in [9.17, 15) is 4.79 Å². The second kappa shape index (κ2) is 8.91. The van der Waals surface area contributed by atoms with Crippen LogP contribution in [0.1, 0.15) is 5.56 Å². The van der Waals surface area contributed by atoms with Gasteiger partial charge in [-0.1, -0.05) is 24.9 Å². The maximum absolute atomic E-state index is 12.3. The van der Waals surface area contributed by atoms with E-state index in [0.717, 1.165) is 15.8 Å². The summed E-state index contributed by atoms with van der Waals surface area (Å²) in [4.78, 5) is 16.4. The van der Waals surface area contributed by atoms with Gasteiger partial charge >= 0.3 is 6.03 Å². The van der Waals surface area contributed by atoms with Gasteiger partial charge in [-0.15, -0.1) is 0 Å². The predicted octanol–water partition coefficient (Wildman–Crippen LogP) is 3.75. The first-order valence-electron chi connectivity index (χ1n) is 7.10. The quantitative estimate of drug-likeness (QED) is 0.561. The number of amides is 2. The molecule has 1 aromatic heterocycles. The van der Waals surface area contributed by atoms with Crippen LogP contribution in [0.4, 0.5) is 10.6 Å². The first-order chi connectivity index (χ1) is 11.5. The summed E-state index contributed by atoms with van der Waals surface area (Å²) in [6.45, 7) is 0. The number of nitrogens with zero attached hydrogens (tertiary/aromatic N) is 2. The molecule has 0 saturated heterocycles. The number of hydrogen-bond donors (Lipinski definition) is 2. The van der Waals surface area contributed by atoms with E-state index in [1.807, 2.05) is 24.3 Å². The number of nitrogens with one attached hydrogen (secondary N) is 1. The van der Waals surface area contributed by atoms with Crippen molar-refractivity contribution in [2.75, 3.05) is 19.5 Å². The molecule has 0 bridgehead atoms. The van der Waals surface area contributed by atoms with Gasteiger partial charge in [0.2, 0.25) is 0 Å². The Kier molecular flexibility index (Phi) is 6.89. The van der Waals surface area contributed by atoms with Gasteiger partial charge in [0.15, 0.2) is 0 Å². The molecular formula is C16H18BrN3O3S. The molecule has 1 heterocycles. The summed E-state index contributed by atoms with van der Waals surface area (Å²) >= 11 is 7.55. The van der Waals surface area contributed by atoms with E-state index in [4.69, 9.17) is 9.47 Å². The third-order valence-corrected chi connectivity index (χ3v) is 4.17. The number of carbonyl (C=O) groups is 1. The molecule has 1 atom stereocenters. The average Bonchev–Trinajstić information content (AvgIpc) is 2.61. The maximum atomic E-state index is 12.3. The fraction of sp³-hybridized carbons (Fsp3) is 0.250. The highest BCUT2D eigenvalue weighted by Gasteiger charge is 2.21. The summed E-state index contributed by atoms with van der Waals surface area (Å²) in [6, 6.07) is 10.6. The van der Waals surface area contributed by atoms with Crippen molar-refractivity contribution in [1.29, 1.82) is 0 Å². The minimum absolute atomic E-state index is 0.428. The van der Waals surface area contributed by atoms with Gasteiger partial charge in [-0.05, 0) is 45.8 Å². The van der Waals surface area contributed by atoms with E-state index in [1.165, 1.54) is 11.4 Å². The Morgan fingerprint density at radius 1 is 1.38 bits per heavy atom. The minimum Gasteiger partial charge on any atom is -0.497 e. The second-order valence-corrected chi connectivity index (χ2v) is 6.23. The van der Waals surface area contributed by atoms with Gasteiger partial charge in [-0.3, -0.25) is 5.32 Å². The number of pyridine rings is 1. The van der Waals surface area contributed by atoms with E-state index in [0.29, 0.717) is 12.2 Å². The van der Waals surface area contributed by atoms with Crippen LogP contribution in [0.2, 0.25) is 0 Å². The maximum Gasteiger partial charge on any atom is 0.335 e. The van der Waals surface area contributed by atoms with Crippen molar-refractivity contribution in [3.8, 4) is 5.75 Å². The zero-order chi connectivity index (χ0) is 17.5. The number of hydrogen-bond acceptors (Lipinski definition) is 5. The van der Waals surface area contributed by atoms with Crippen LogP contribution in [0.5, 0.6) is 5.75 Å². The van der Waals surface area contributed by atoms with Crippen LogP contribution in [0.25, 0.3) is 0 Å². The molecule has 0 radical (unpaired) electrons. The minimum atomic E-state index is -0.545. The van der Waals surface area contributed by atoms with Gasteiger partial charge in [0.25, 0.3) is 0 Å². The molecule has 2 rings (SSSR count). The van der Waals surface area contributed by atoms with Crippen LogP contribution in [0, 0.1) is 0 Å². The Balaban J connectivity index is 2.02. The molecule has 128 valence electrons. The summed E-state index contributed by atoms with van der Waals surface area (Å²) in [7, 11) is 3.13. The Bertz CT molecular complexity index is 685. The molecule has 1 aromatic carbocycles. The Morgan fingerprint density at radius 2 is 2.17 bits per heavy atom. The lowest BCUT2D eigenvalue weighted by atomic mass is 10.1. The van der Waals surface area contributed by atoms with Crippen LogP contribution in [0.15, 0.2) is 47.1 Å². The van der Waals surface area contributed by atoms with Gasteiger partial charge in [0.1, 0.15) is 17.8 Å². The van der Waals surface area contributed by atoms with Crippen LogP contribution in [-0.2, 0) is 11.2 Å². The van der Waals surface area contributed by atoms with Crippen molar-refractivity contribution >= 4 is 40.6 Å². The summed E-state index contributed by atoms with van der Waals surface area (Å²) in [5.41, 5.74) is 0.967. The number of aromatic nitrogens is 1. The fourth-order valence-electron chi connectivity index (χ4n) is 2.02. The summed E-state index contributed by atoms with van der Waals surface area (Å²) in [5.74, 6) is 1.18. The van der Waals surface area contributed by atoms with E-state index in [-0.39, 0.29) is 0 Å². The van der Waals surface area contributed by atoms with E-state index in [1.54, 1.807) is 25.4 Å². The van der Waals surface area contributed by atoms with Gasteiger partial charge < -0.3 is 9.47 Å². The molecule has 2 aromatic rings. The largest absolute Gasteiger partial charge is 0.497 e. The highest BCUT2D eigenvalue weighted by molar-refractivity contribution is 9.10. The number of halogens is 1. The van der Waals surface area contributed by atoms with Crippen LogP contribution in [0.3, 0.4) is 0 Å².